The first-order chi connectivity index (χ1) is 22.0. The van der Waals surface area contributed by atoms with E-state index in [0.29, 0.717) is 5.56 Å². The van der Waals surface area contributed by atoms with Gasteiger partial charge in [0.2, 0.25) is 0 Å². The van der Waals surface area contributed by atoms with Gasteiger partial charge in [-0.05, 0) is 73.0 Å². The molecule has 0 amide bonds. The first-order valence-electron chi connectivity index (χ1n) is 14.0. The molecule has 2 N–H and O–H groups in total. The van der Waals surface area contributed by atoms with Gasteiger partial charge in [0, 0.05) is 39.0 Å². The number of rotatable bonds is 4. The maximum atomic E-state index is 13.9. The van der Waals surface area contributed by atoms with Crippen LogP contribution in [0, 0.1) is 37.1 Å². The van der Waals surface area contributed by atoms with Crippen LogP contribution in [0.15, 0.2) is 126 Å². The van der Waals surface area contributed by atoms with Gasteiger partial charge in [0.15, 0.2) is 23.3 Å². The fraction of sp³-hybridized carbons (Fsp3) is 0.0556. The zero-order chi connectivity index (χ0) is 33.2. The van der Waals surface area contributed by atoms with Gasteiger partial charge in [-0.25, -0.2) is 17.6 Å². The smallest absolute Gasteiger partial charge is 0.423 e. The molecule has 232 valence electrons. The summed E-state index contributed by atoms with van der Waals surface area (Å²) in [5.41, 5.74) is 6.52. The van der Waals surface area contributed by atoms with E-state index in [2.05, 4.69) is 44.1 Å². The molecule has 0 aliphatic rings. The standard InChI is InChI=1S/C18H13F2N.C12H10BrN.C6H5BF2O2/c1-12-8-9-17(21-11-12)14-5-2-4-13(10-14)15-6-3-7-16(19)18(15)20;1-9-5-6-12(14-8-9)10-3-2-4-11(13)7-10;8-5-3-1-2-4(6(5)9)7(10)11/h2-11H,1H3;2-8H,1H3;1-3,10-11H. The molecule has 0 radical (unpaired) electrons. The van der Waals surface area contributed by atoms with Crippen LogP contribution < -0.4 is 5.46 Å². The molecule has 0 spiro atoms. The number of benzene rings is 4. The third-order valence-electron chi connectivity index (χ3n) is 6.62. The van der Waals surface area contributed by atoms with Gasteiger partial charge in [-0.2, -0.15) is 0 Å². The summed E-state index contributed by atoms with van der Waals surface area (Å²) < 4.78 is 53.2. The second-order valence-electron chi connectivity index (χ2n) is 10.2. The average molecular weight is 687 g/mol. The SMILES string of the molecule is Cc1ccc(-c2cccc(-c3cccc(F)c3F)c2)nc1.Cc1ccc(-c2cccc(Br)c2)nc1.OB(O)c1cccc(F)c1F. The minimum absolute atomic E-state index is 0.254. The summed E-state index contributed by atoms with van der Waals surface area (Å²) in [6, 6.07) is 30.8. The fourth-order valence-electron chi connectivity index (χ4n) is 4.22. The molecule has 0 saturated carbocycles. The number of aryl methyl sites for hydroxylation is 2. The van der Waals surface area contributed by atoms with Crippen LogP contribution in [0.4, 0.5) is 17.6 Å². The fourth-order valence-corrected chi connectivity index (χ4v) is 4.62. The Hall–Kier alpha value is -4.64. The van der Waals surface area contributed by atoms with Crippen molar-refractivity contribution in [3.63, 3.8) is 0 Å². The van der Waals surface area contributed by atoms with Gasteiger partial charge < -0.3 is 10.0 Å². The number of nitrogens with zero attached hydrogens (tertiary/aromatic N) is 2. The summed E-state index contributed by atoms with van der Waals surface area (Å²) in [6.45, 7) is 4.01. The molecular weight excluding hydrogens is 659 g/mol. The lowest BCUT2D eigenvalue weighted by molar-refractivity contribution is 0.420. The Balaban J connectivity index is 0.000000167. The van der Waals surface area contributed by atoms with Crippen molar-refractivity contribution >= 4 is 28.5 Å². The Morgan fingerprint density at radius 2 is 1.07 bits per heavy atom. The van der Waals surface area contributed by atoms with E-state index in [0.717, 1.165) is 50.8 Å². The summed E-state index contributed by atoms with van der Waals surface area (Å²) in [6.07, 6.45) is 3.67. The molecule has 0 aliphatic heterocycles. The largest absolute Gasteiger partial charge is 0.491 e. The normalized spacial score (nSPS) is 10.3. The van der Waals surface area contributed by atoms with Crippen molar-refractivity contribution in [3.8, 4) is 33.6 Å². The first kappa shape index (κ1) is 34.2. The Labute approximate surface area is 273 Å². The van der Waals surface area contributed by atoms with Crippen LogP contribution in [0.2, 0.25) is 0 Å². The van der Waals surface area contributed by atoms with Gasteiger partial charge in [-0.3, -0.25) is 9.97 Å². The average Bonchev–Trinajstić information content (AvgIpc) is 3.05. The minimum Gasteiger partial charge on any atom is -0.423 e. The van der Waals surface area contributed by atoms with Gasteiger partial charge in [-0.15, -0.1) is 0 Å². The number of hydrogen-bond acceptors (Lipinski definition) is 4. The third kappa shape index (κ3) is 9.20. The maximum Gasteiger partial charge on any atom is 0.491 e. The van der Waals surface area contributed by atoms with Gasteiger partial charge in [-0.1, -0.05) is 82.7 Å². The second kappa shape index (κ2) is 16.1. The minimum atomic E-state index is -1.97. The summed E-state index contributed by atoms with van der Waals surface area (Å²) >= 11 is 3.45. The van der Waals surface area contributed by atoms with Crippen LogP contribution >= 0.6 is 15.9 Å². The van der Waals surface area contributed by atoms with Crippen molar-refractivity contribution in [2.75, 3.05) is 0 Å². The van der Waals surface area contributed by atoms with Gasteiger partial charge in [0.1, 0.15) is 0 Å². The molecule has 0 bridgehead atoms. The van der Waals surface area contributed by atoms with E-state index in [-0.39, 0.29) is 5.56 Å². The molecule has 4 aromatic carbocycles. The number of hydrogen-bond donors (Lipinski definition) is 2. The first-order valence-corrected chi connectivity index (χ1v) is 14.8. The Bertz CT molecular complexity index is 1910. The van der Waals surface area contributed by atoms with Crippen LogP contribution in [-0.4, -0.2) is 27.1 Å². The number of pyridine rings is 2. The lowest BCUT2D eigenvalue weighted by Gasteiger charge is -2.07. The molecule has 0 aliphatic carbocycles. The van der Waals surface area contributed by atoms with E-state index >= 15 is 0 Å². The van der Waals surface area contributed by atoms with E-state index in [9.17, 15) is 17.6 Å². The highest BCUT2D eigenvalue weighted by Crippen LogP contribution is 2.28. The summed E-state index contributed by atoms with van der Waals surface area (Å²) in [5.74, 6) is -3.98. The monoisotopic (exact) mass is 686 g/mol. The maximum absolute atomic E-state index is 13.9. The summed E-state index contributed by atoms with van der Waals surface area (Å²) in [4.78, 5) is 8.72. The van der Waals surface area contributed by atoms with Crippen molar-refractivity contribution in [3.05, 3.63) is 160 Å². The van der Waals surface area contributed by atoms with Gasteiger partial charge >= 0.3 is 7.12 Å². The van der Waals surface area contributed by atoms with Crippen LogP contribution in [0.25, 0.3) is 33.6 Å². The molecule has 2 heterocycles. The van der Waals surface area contributed by atoms with Crippen molar-refractivity contribution in [1.29, 1.82) is 0 Å². The molecule has 46 heavy (non-hydrogen) atoms. The van der Waals surface area contributed by atoms with Crippen molar-refractivity contribution in [2.24, 2.45) is 0 Å². The Kier molecular flexibility index (Phi) is 12.0. The van der Waals surface area contributed by atoms with E-state index < -0.39 is 35.9 Å². The molecule has 6 rings (SSSR count). The van der Waals surface area contributed by atoms with Crippen LogP contribution in [0.3, 0.4) is 0 Å². The van der Waals surface area contributed by atoms with Crippen molar-refractivity contribution in [1.82, 2.24) is 9.97 Å². The van der Waals surface area contributed by atoms with E-state index in [4.69, 9.17) is 10.0 Å². The molecular formula is C36H28BBrF4N2O2. The zero-order valence-corrected chi connectivity index (χ0v) is 26.4. The topological polar surface area (TPSA) is 66.2 Å². The van der Waals surface area contributed by atoms with Crippen molar-refractivity contribution < 1.29 is 27.6 Å². The summed E-state index contributed by atoms with van der Waals surface area (Å²) in [7, 11) is -1.97. The quantitative estimate of drug-likeness (QED) is 0.144. The molecule has 2 aromatic heterocycles. The van der Waals surface area contributed by atoms with E-state index in [1.54, 1.807) is 18.3 Å². The van der Waals surface area contributed by atoms with Gasteiger partial charge in [0.25, 0.3) is 0 Å². The third-order valence-corrected chi connectivity index (χ3v) is 7.12. The second-order valence-corrected chi connectivity index (χ2v) is 11.1. The highest BCUT2D eigenvalue weighted by molar-refractivity contribution is 9.10. The Morgan fingerprint density at radius 3 is 1.59 bits per heavy atom. The lowest BCUT2D eigenvalue weighted by atomic mass is 9.80. The van der Waals surface area contributed by atoms with E-state index in [1.807, 2.05) is 68.6 Å². The predicted molar refractivity (Wildman–Crippen MR) is 178 cm³/mol. The molecule has 6 aromatic rings. The van der Waals surface area contributed by atoms with Gasteiger partial charge in [0.05, 0.1) is 11.4 Å². The lowest BCUT2D eigenvalue weighted by Crippen LogP contribution is -2.33. The molecule has 10 heteroatoms. The highest BCUT2D eigenvalue weighted by Gasteiger charge is 2.18. The zero-order valence-electron chi connectivity index (χ0n) is 24.8. The van der Waals surface area contributed by atoms with E-state index in [1.165, 1.54) is 17.7 Å². The number of aromatic nitrogens is 2. The summed E-state index contributed by atoms with van der Waals surface area (Å²) in [5, 5.41) is 17.0. The van der Waals surface area contributed by atoms with Crippen LogP contribution in [0.1, 0.15) is 11.1 Å². The van der Waals surface area contributed by atoms with Crippen molar-refractivity contribution in [2.45, 2.75) is 13.8 Å². The highest BCUT2D eigenvalue weighted by atomic mass is 79.9. The molecule has 0 saturated heterocycles. The van der Waals surface area contributed by atoms with Crippen LogP contribution in [-0.2, 0) is 0 Å². The molecule has 4 nitrogen and oxygen atoms in total. The molecule has 0 unspecified atom stereocenters. The Morgan fingerprint density at radius 1 is 0.565 bits per heavy atom. The predicted octanol–water partition coefficient (Wildman–Crippen LogP) is 8.47. The van der Waals surface area contributed by atoms with Crippen LogP contribution in [0.5, 0.6) is 0 Å². The molecule has 0 fully saturated rings. The number of halogens is 5. The molecule has 0 atom stereocenters.